The number of hydrogen-bond donors (Lipinski definition) is 6. The second-order valence-electron chi connectivity index (χ2n) is 5.09. The highest BCUT2D eigenvalue weighted by Gasteiger charge is 2.38. The Bertz CT molecular complexity index is 780. The van der Waals surface area contributed by atoms with Crippen LogP contribution in [0.4, 0.5) is 24.5 Å². The Labute approximate surface area is 155 Å². The number of nitrogens with two attached hydrogens (primary N) is 3. The van der Waals surface area contributed by atoms with Gasteiger partial charge in [-0.3, -0.25) is 9.59 Å². The number of amides is 2. The van der Waals surface area contributed by atoms with E-state index in [1.54, 1.807) is 18.2 Å². The first-order valence-electron chi connectivity index (χ1n) is 7.18. The second-order valence-corrected chi connectivity index (χ2v) is 5.09. The van der Waals surface area contributed by atoms with E-state index in [1.165, 1.54) is 6.08 Å². The quantitative estimate of drug-likeness (QED) is 0.279. The van der Waals surface area contributed by atoms with Crippen molar-refractivity contribution in [2.75, 3.05) is 11.5 Å². The first-order valence-corrected chi connectivity index (χ1v) is 7.18. The molecule has 0 unspecified atom stereocenters. The highest BCUT2D eigenvalue weighted by Crippen LogP contribution is 2.17. The van der Waals surface area contributed by atoms with Crippen LogP contribution in [0.2, 0.25) is 0 Å². The molecule has 0 fully saturated rings. The molecule has 0 saturated heterocycles. The average Bonchev–Trinajstić information content (AvgIpc) is 2.54. The summed E-state index contributed by atoms with van der Waals surface area (Å²) in [6, 6.07) is 3.38. The average molecular weight is 406 g/mol. The molecular weight excluding hydrogens is 389 g/mol. The van der Waals surface area contributed by atoms with Gasteiger partial charge in [0.2, 0.25) is 11.8 Å². The minimum atomic E-state index is -5.08. The summed E-state index contributed by atoms with van der Waals surface area (Å²) in [4.78, 5) is 42.1. The Morgan fingerprint density at radius 3 is 2.11 bits per heavy atom. The molecule has 1 rings (SSSR count). The van der Waals surface area contributed by atoms with Crippen molar-refractivity contribution >= 4 is 41.2 Å². The third kappa shape index (κ3) is 9.65. The third-order valence-electron chi connectivity index (χ3n) is 2.79. The lowest BCUT2D eigenvalue weighted by Crippen LogP contribution is -2.42. The molecule has 0 aromatic heterocycles. The molecule has 0 saturated carbocycles. The molecule has 0 aliphatic rings. The van der Waals surface area contributed by atoms with Crippen LogP contribution in [0, 0.1) is 0 Å². The zero-order chi connectivity index (χ0) is 22.1. The van der Waals surface area contributed by atoms with E-state index in [0.29, 0.717) is 16.9 Å². The number of carboxylic acid groups (broad SMARTS) is 2. The molecule has 28 heavy (non-hydrogen) atoms. The Balaban J connectivity index is 0.000000887. The van der Waals surface area contributed by atoms with Crippen LogP contribution in [-0.2, 0) is 19.2 Å². The van der Waals surface area contributed by atoms with Gasteiger partial charge in [0.15, 0.2) is 0 Å². The Hall–Kier alpha value is -3.77. The van der Waals surface area contributed by atoms with Gasteiger partial charge in [-0.05, 0) is 29.8 Å². The van der Waals surface area contributed by atoms with Crippen molar-refractivity contribution in [1.82, 2.24) is 5.32 Å². The van der Waals surface area contributed by atoms with Gasteiger partial charge in [0.05, 0.1) is 6.42 Å². The molecule has 1 aromatic carbocycles. The molecule has 10 nitrogen and oxygen atoms in total. The molecular formula is C15H17F3N4O6. The molecule has 0 aliphatic carbocycles. The summed E-state index contributed by atoms with van der Waals surface area (Å²) in [5.74, 6) is -5.62. The topological polar surface area (TPSA) is 199 Å². The summed E-state index contributed by atoms with van der Waals surface area (Å²) in [6.07, 6.45) is -3.08. The zero-order valence-electron chi connectivity index (χ0n) is 14.1. The minimum Gasteiger partial charge on any atom is -0.480 e. The van der Waals surface area contributed by atoms with Crippen LogP contribution in [0.15, 0.2) is 24.3 Å². The number of aliphatic carboxylic acids is 2. The largest absolute Gasteiger partial charge is 0.490 e. The number of hydrogen-bond acceptors (Lipinski definition) is 6. The van der Waals surface area contributed by atoms with E-state index < -0.39 is 42.4 Å². The summed E-state index contributed by atoms with van der Waals surface area (Å²) in [5, 5.41) is 18.1. The summed E-state index contributed by atoms with van der Waals surface area (Å²) < 4.78 is 31.7. The first-order chi connectivity index (χ1) is 12.7. The van der Waals surface area contributed by atoms with Gasteiger partial charge in [0, 0.05) is 17.5 Å². The molecule has 13 heteroatoms. The van der Waals surface area contributed by atoms with Crippen molar-refractivity contribution in [3.05, 3.63) is 29.8 Å². The highest BCUT2D eigenvalue weighted by molar-refractivity contribution is 5.96. The van der Waals surface area contributed by atoms with E-state index >= 15 is 0 Å². The summed E-state index contributed by atoms with van der Waals surface area (Å²) >= 11 is 0. The van der Waals surface area contributed by atoms with Crippen molar-refractivity contribution in [1.29, 1.82) is 0 Å². The SMILES string of the molecule is NC(=O)C[C@H](NC(=O)/C=C/c1cc(N)ccc1N)C(=O)O.O=C(O)C(F)(F)F. The summed E-state index contributed by atoms with van der Waals surface area (Å²) in [6.45, 7) is 0. The number of carboxylic acids is 2. The van der Waals surface area contributed by atoms with Gasteiger partial charge >= 0.3 is 18.1 Å². The predicted molar refractivity (Wildman–Crippen MR) is 91.4 cm³/mol. The van der Waals surface area contributed by atoms with Crippen molar-refractivity contribution in [3.8, 4) is 0 Å². The Morgan fingerprint density at radius 2 is 1.68 bits per heavy atom. The molecule has 154 valence electrons. The molecule has 0 radical (unpaired) electrons. The normalized spacial score (nSPS) is 11.8. The van der Waals surface area contributed by atoms with Crippen LogP contribution in [0.25, 0.3) is 6.08 Å². The fourth-order valence-electron chi connectivity index (χ4n) is 1.52. The predicted octanol–water partition coefficient (Wildman–Crippen LogP) is -0.0577. The highest BCUT2D eigenvalue weighted by atomic mass is 19.4. The number of anilines is 2. The molecule has 2 amide bonds. The maximum Gasteiger partial charge on any atom is 0.490 e. The van der Waals surface area contributed by atoms with E-state index in [0.717, 1.165) is 6.08 Å². The standard InChI is InChI=1S/C13H16N4O4.C2HF3O2/c14-8-2-3-9(15)7(5-8)1-4-12(19)17-10(13(20)21)6-11(16)18;3-2(4,5)1(6)7/h1-5,10H,6,14-15H2,(H2,16,18)(H,17,19)(H,20,21);(H,6,7)/b4-1+;/t10-;/m0./s1. The maximum atomic E-state index is 11.6. The molecule has 0 heterocycles. The fourth-order valence-corrected chi connectivity index (χ4v) is 1.52. The number of primary amides is 1. The molecule has 1 aromatic rings. The van der Waals surface area contributed by atoms with Crippen LogP contribution in [0.3, 0.4) is 0 Å². The lowest BCUT2D eigenvalue weighted by Gasteiger charge is -2.10. The van der Waals surface area contributed by atoms with Gasteiger partial charge in [-0.2, -0.15) is 13.2 Å². The number of carbonyl (C=O) groups is 4. The fraction of sp³-hybridized carbons (Fsp3) is 0.200. The first kappa shape index (κ1) is 24.2. The van der Waals surface area contributed by atoms with Crippen LogP contribution < -0.4 is 22.5 Å². The molecule has 0 bridgehead atoms. The zero-order valence-corrected chi connectivity index (χ0v) is 14.1. The van der Waals surface area contributed by atoms with Gasteiger partial charge in [-0.25, -0.2) is 9.59 Å². The van der Waals surface area contributed by atoms with Crippen molar-refractivity contribution in [2.24, 2.45) is 5.73 Å². The summed E-state index contributed by atoms with van der Waals surface area (Å²) in [7, 11) is 0. The lowest BCUT2D eigenvalue weighted by molar-refractivity contribution is -0.192. The van der Waals surface area contributed by atoms with Gasteiger partial charge in [-0.1, -0.05) is 0 Å². The van der Waals surface area contributed by atoms with Gasteiger partial charge in [0.1, 0.15) is 6.04 Å². The van der Waals surface area contributed by atoms with Crippen LogP contribution in [0.1, 0.15) is 12.0 Å². The van der Waals surface area contributed by atoms with Gasteiger partial charge in [0.25, 0.3) is 0 Å². The van der Waals surface area contributed by atoms with E-state index in [-0.39, 0.29) is 0 Å². The molecule has 0 spiro atoms. The Kier molecular flexibility index (Phi) is 9.00. The van der Waals surface area contributed by atoms with E-state index in [4.69, 9.17) is 32.2 Å². The number of benzene rings is 1. The van der Waals surface area contributed by atoms with Gasteiger partial charge < -0.3 is 32.7 Å². The van der Waals surface area contributed by atoms with Crippen LogP contribution >= 0.6 is 0 Å². The van der Waals surface area contributed by atoms with E-state index in [2.05, 4.69) is 5.32 Å². The number of nitrogen functional groups attached to an aromatic ring is 2. The van der Waals surface area contributed by atoms with E-state index in [9.17, 15) is 27.6 Å². The second kappa shape index (κ2) is 10.4. The number of carbonyl (C=O) groups excluding carboxylic acids is 2. The third-order valence-corrected chi connectivity index (χ3v) is 2.79. The van der Waals surface area contributed by atoms with Crippen LogP contribution in [0.5, 0.6) is 0 Å². The monoisotopic (exact) mass is 406 g/mol. The van der Waals surface area contributed by atoms with Crippen LogP contribution in [-0.4, -0.2) is 46.2 Å². The van der Waals surface area contributed by atoms with Gasteiger partial charge in [-0.15, -0.1) is 0 Å². The van der Waals surface area contributed by atoms with Crippen molar-refractivity contribution in [3.63, 3.8) is 0 Å². The van der Waals surface area contributed by atoms with E-state index in [1.807, 2.05) is 0 Å². The maximum absolute atomic E-state index is 11.6. The molecule has 1 atom stereocenters. The smallest absolute Gasteiger partial charge is 0.480 e. The molecule has 0 aliphatic heterocycles. The number of nitrogens with one attached hydrogen (secondary N) is 1. The number of halogens is 3. The minimum absolute atomic E-state index is 0.417. The number of alkyl halides is 3. The van der Waals surface area contributed by atoms with Crippen molar-refractivity contribution < 1.29 is 42.6 Å². The lowest BCUT2D eigenvalue weighted by atomic mass is 10.1. The van der Waals surface area contributed by atoms with Crippen molar-refractivity contribution in [2.45, 2.75) is 18.6 Å². The summed E-state index contributed by atoms with van der Waals surface area (Å²) in [5.41, 5.74) is 17.6. The number of rotatable bonds is 6. The molecule has 9 N–H and O–H groups in total. The Morgan fingerprint density at radius 1 is 1.14 bits per heavy atom.